The Labute approximate surface area is 132 Å². The van der Waals surface area contributed by atoms with Crippen molar-refractivity contribution in [3.05, 3.63) is 75.9 Å². The van der Waals surface area contributed by atoms with Crippen molar-refractivity contribution in [1.29, 1.82) is 0 Å². The highest BCUT2D eigenvalue weighted by atomic mass is 35.5. The highest BCUT2D eigenvalue weighted by molar-refractivity contribution is 8.02. The van der Waals surface area contributed by atoms with E-state index in [1.807, 2.05) is 24.3 Å². The van der Waals surface area contributed by atoms with Gasteiger partial charge in [-0.3, -0.25) is 4.79 Å². The summed E-state index contributed by atoms with van der Waals surface area (Å²) in [5.41, 5.74) is 1.84. The zero-order chi connectivity index (χ0) is 15.2. The molecule has 0 aliphatic heterocycles. The van der Waals surface area contributed by atoms with E-state index in [0.29, 0.717) is 15.5 Å². The highest BCUT2D eigenvalue weighted by Crippen LogP contribution is 2.28. The van der Waals surface area contributed by atoms with E-state index in [-0.39, 0.29) is 11.6 Å². The smallest absolute Gasteiger partial charge is 0.186 e. The van der Waals surface area contributed by atoms with Gasteiger partial charge in [-0.05, 0) is 41.7 Å². The molecule has 0 saturated heterocycles. The minimum absolute atomic E-state index is 0.0663. The molecule has 0 amide bonds. The fourth-order valence-corrected chi connectivity index (χ4v) is 2.70. The molecule has 0 aliphatic rings. The summed E-state index contributed by atoms with van der Waals surface area (Å²) in [5, 5.41) is 2.00. The molecule has 0 radical (unpaired) electrons. The third kappa shape index (κ3) is 4.45. The zero-order valence-corrected chi connectivity index (χ0v) is 13.0. The number of carbonyl (C=O) groups excluding carboxylic acids is 1. The largest absolute Gasteiger partial charge is 0.289 e. The average molecular weight is 321 g/mol. The summed E-state index contributed by atoms with van der Waals surface area (Å²) in [4.78, 5) is 12.7. The number of carbonyl (C=O) groups is 1. The molecular formula is C17H14ClFOS. The molecule has 108 valence electrons. The van der Waals surface area contributed by atoms with E-state index < -0.39 is 0 Å². The van der Waals surface area contributed by atoms with Crippen molar-refractivity contribution in [1.82, 2.24) is 0 Å². The van der Waals surface area contributed by atoms with E-state index in [9.17, 15) is 9.18 Å². The lowest BCUT2D eigenvalue weighted by Gasteiger charge is -2.00. The first-order valence-corrected chi connectivity index (χ1v) is 7.77. The molecule has 21 heavy (non-hydrogen) atoms. The van der Waals surface area contributed by atoms with Gasteiger partial charge in [0.05, 0.1) is 5.02 Å². The Morgan fingerprint density at radius 1 is 1.24 bits per heavy atom. The first-order chi connectivity index (χ1) is 10.1. The van der Waals surface area contributed by atoms with Crippen LogP contribution in [0.1, 0.15) is 22.8 Å². The third-order valence-corrected chi connectivity index (χ3v) is 4.26. The average Bonchev–Trinajstić information content (AvgIpc) is 2.49. The SMILES string of the molecule is CCc1ccc(C(=O)C=CSc2ccc(F)cc2Cl)cc1. The topological polar surface area (TPSA) is 17.1 Å². The standard InChI is InChI=1S/C17H14ClFOS/c1-2-12-3-5-13(6-4-12)16(20)9-10-21-17-8-7-14(19)11-15(17)18/h3-11H,2H2,1H3. The number of hydrogen-bond acceptors (Lipinski definition) is 2. The Bertz CT molecular complexity index is 665. The molecule has 0 aliphatic carbocycles. The molecule has 4 heteroatoms. The summed E-state index contributed by atoms with van der Waals surface area (Å²) < 4.78 is 12.9. The van der Waals surface area contributed by atoms with Crippen LogP contribution in [-0.4, -0.2) is 5.78 Å². The Morgan fingerprint density at radius 3 is 2.57 bits per heavy atom. The molecule has 0 saturated carbocycles. The lowest BCUT2D eigenvalue weighted by Crippen LogP contribution is -1.94. The van der Waals surface area contributed by atoms with Gasteiger partial charge in [0.25, 0.3) is 0 Å². The molecule has 0 unspecified atom stereocenters. The van der Waals surface area contributed by atoms with Gasteiger partial charge in [-0.25, -0.2) is 4.39 Å². The summed E-state index contributed by atoms with van der Waals surface area (Å²) in [7, 11) is 0. The first-order valence-electron chi connectivity index (χ1n) is 6.51. The molecule has 0 aromatic heterocycles. The molecule has 2 rings (SSSR count). The van der Waals surface area contributed by atoms with Gasteiger partial charge < -0.3 is 0 Å². The molecule has 0 heterocycles. The van der Waals surface area contributed by atoms with E-state index in [1.54, 1.807) is 11.5 Å². The summed E-state index contributed by atoms with van der Waals surface area (Å²) in [6.07, 6.45) is 2.44. The maximum absolute atomic E-state index is 12.9. The highest BCUT2D eigenvalue weighted by Gasteiger charge is 2.03. The fourth-order valence-electron chi connectivity index (χ4n) is 1.74. The first kappa shape index (κ1) is 15.8. The normalized spacial score (nSPS) is 11.0. The third-order valence-electron chi connectivity index (χ3n) is 2.96. The van der Waals surface area contributed by atoms with Gasteiger partial charge in [0.2, 0.25) is 0 Å². The van der Waals surface area contributed by atoms with Gasteiger partial charge in [0.1, 0.15) is 5.82 Å². The Hall–Kier alpha value is -1.58. The van der Waals surface area contributed by atoms with Crippen LogP contribution in [-0.2, 0) is 6.42 Å². The number of aryl methyl sites for hydroxylation is 1. The summed E-state index contributed by atoms with van der Waals surface area (Å²) in [6.45, 7) is 2.07. The van der Waals surface area contributed by atoms with Gasteiger partial charge in [-0.1, -0.05) is 54.6 Å². The van der Waals surface area contributed by atoms with Crippen molar-refractivity contribution in [2.75, 3.05) is 0 Å². The molecule has 2 aromatic carbocycles. The van der Waals surface area contributed by atoms with Crippen molar-refractivity contribution in [2.24, 2.45) is 0 Å². The molecule has 1 nitrogen and oxygen atoms in total. The van der Waals surface area contributed by atoms with Crippen molar-refractivity contribution >= 4 is 29.1 Å². The zero-order valence-electron chi connectivity index (χ0n) is 11.5. The van der Waals surface area contributed by atoms with Gasteiger partial charge in [-0.15, -0.1) is 0 Å². The Balaban J connectivity index is 2.01. The maximum Gasteiger partial charge on any atom is 0.186 e. The van der Waals surface area contributed by atoms with Crippen LogP contribution < -0.4 is 0 Å². The number of halogens is 2. The maximum atomic E-state index is 12.9. The van der Waals surface area contributed by atoms with Crippen molar-refractivity contribution in [3.63, 3.8) is 0 Å². The van der Waals surface area contributed by atoms with E-state index in [2.05, 4.69) is 6.92 Å². The number of benzene rings is 2. The summed E-state index contributed by atoms with van der Waals surface area (Å²) in [5.74, 6) is -0.441. The van der Waals surface area contributed by atoms with Crippen LogP contribution in [0.5, 0.6) is 0 Å². The predicted octanol–water partition coefficient (Wildman–Crippen LogP) is 5.53. The molecule has 0 fully saturated rings. The van der Waals surface area contributed by atoms with Gasteiger partial charge in [0, 0.05) is 10.5 Å². The van der Waals surface area contributed by atoms with Gasteiger partial charge in [-0.2, -0.15) is 0 Å². The molecule has 0 atom stereocenters. The lowest BCUT2D eigenvalue weighted by molar-refractivity contribution is 0.104. The van der Waals surface area contributed by atoms with Gasteiger partial charge >= 0.3 is 0 Å². The lowest BCUT2D eigenvalue weighted by atomic mass is 10.1. The minimum Gasteiger partial charge on any atom is -0.289 e. The Kier molecular flexibility index (Phi) is 5.59. The van der Waals surface area contributed by atoms with E-state index in [1.165, 1.54) is 35.5 Å². The summed E-state index contributed by atoms with van der Waals surface area (Å²) >= 11 is 7.20. The van der Waals surface area contributed by atoms with Crippen LogP contribution in [0.4, 0.5) is 4.39 Å². The fraction of sp³-hybridized carbons (Fsp3) is 0.118. The minimum atomic E-state index is -0.375. The number of allylic oxidation sites excluding steroid dienone is 1. The monoisotopic (exact) mass is 320 g/mol. The second-order valence-electron chi connectivity index (χ2n) is 4.41. The number of hydrogen-bond donors (Lipinski definition) is 0. The van der Waals surface area contributed by atoms with Crippen molar-refractivity contribution in [2.45, 2.75) is 18.2 Å². The van der Waals surface area contributed by atoms with E-state index in [0.717, 1.165) is 6.42 Å². The molecule has 2 aromatic rings. The van der Waals surface area contributed by atoms with E-state index >= 15 is 0 Å². The van der Waals surface area contributed by atoms with Crippen LogP contribution in [0.3, 0.4) is 0 Å². The molecular weight excluding hydrogens is 307 g/mol. The second-order valence-corrected chi connectivity index (χ2v) is 5.76. The molecule has 0 bridgehead atoms. The van der Waals surface area contributed by atoms with Crippen LogP contribution in [0.15, 0.2) is 58.8 Å². The number of rotatable bonds is 5. The predicted molar refractivity (Wildman–Crippen MR) is 86.6 cm³/mol. The van der Waals surface area contributed by atoms with Crippen LogP contribution in [0.2, 0.25) is 5.02 Å². The quantitative estimate of drug-likeness (QED) is 0.409. The Morgan fingerprint density at radius 2 is 1.95 bits per heavy atom. The van der Waals surface area contributed by atoms with Crippen LogP contribution in [0.25, 0.3) is 0 Å². The summed E-state index contributed by atoms with van der Waals surface area (Å²) in [6, 6.07) is 11.7. The van der Waals surface area contributed by atoms with Crippen LogP contribution >= 0.6 is 23.4 Å². The van der Waals surface area contributed by atoms with Crippen LogP contribution in [0, 0.1) is 5.82 Å². The van der Waals surface area contributed by atoms with Gasteiger partial charge in [0.15, 0.2) is 5.78 Å². The van der Waals surface area contributed by atoms with Crippen molar-refractivity contribution < 1.29 is 9.18 Å². The number of ketones is 1. The molecule has 0 spiro atoms. The van der Waals surface area contributed by atoms with Crippen molar-refractivity contribution in [3.8, 4) is 0 Å². The van der Waals surface area contributed by atoms with E-state index in [4.69, 9.17) is 11.6 Å². The number of thioether (sulfide) groups is 1. The second kappa shape index (κ2) is 7.43. The molecule has 0 N–H and O–H groups in total.